The van der Waals surface area contributed by atoms with Crippen LogP contribution in [0.5, 0.6) is 0 Å². The molecule has 0 aliphatic rings. The minimum Gasteiger partial charge on any atom is -0.327 e. The first-order valence-electron chi connectivity index (χ1n) is 11.3. The SMILES string of the molecule is CCCCCCCCCCC[N+](C)(C)CCOP(=O)(O)OCCCCCC. The second-order valence-corrected chi connectivity index (χ2v) is 9.86. The van der Waals surface area contributed by atoms with Crippen molar-refractivity contribution in [1.29, 1.82) is 0 Å². The summed E-state index contributed by atoms with van der Waals surface area (Å²) in [6.07, 6.45) is 16.1. The van der Waals surface area contributed by atoms with Crippen molar-refractivity contribution in [1.82, 2.24) is 0 Å². The van der Waals surface area contributed by atoms with Crippen molar-refractivity contribution in [2.75, 3.05) is 40.4 Å². The summed E-state index contributed by atoms with van der Waals surface area (Å²) in [5, 5.41) is 0. The highest BCUT2D eigenvalue weighted by Crippen LogP contribution is 2.43. The molecule has 0 saturated heterocycles. The predicted octanol–water partition coefficient (Wildman–Crippen LogP) is 6.31. The Morgan fingerprint density at radius 2 is 1.11 bits per heavy atom. The maximum atomic E-state index is 11.9. The van der Waals surface area contributed by atoms with Crippen molar-refractivity contribution in [3.05, 3.63) is 0 Å². The molecule has 5 nitrogen and oxygen atoms in total. The van der Waals surface area contributed by atoms with E-state index < -0.39 is 7.82 Å². The number of phosphoric ester groups is 1. The number of hydrogen-bond donors (Lipinski definition) is 1. The van der Waals surface area contributed by atoms with Gasteiger partial charge in [-0.05, 0) is 19.3 Å². The van der Waals surface area contributed by atoms with E-state index in [4.69, 9.17) is 9.05 Å². The standard InChI is InChI=1S/C21H46NO4P/c1-5-7-9-11-12-13-14-15-16-18-22(3,4)19-21-26-27(23,24)25-20-17-10-8-6-2/h5-21H2,1-4H3/p+1. The Bertz CT molecular complexity index is 377. The fourth-order valence-corrected chi connectivity index (χ4v) is 3.86. The van der Waals surface area contributed by atoms with E-state index in [9.17, 15) is 9.46 Å². The van der Waals surface area contributed by atoms with Crippen LogP contribution in [-0.4, -0.2) is 49.8 Å². The summed E-state index contributed by atoms with van der Waals surface area (Å²) >= 11 is 0. The van der Waals surface area contributed by atoms with Crippen LogP contribution in [0.4, 0.5) is 0 Å². The Labute approximate surface area is 169 Å². The normalized spacial score (nSPS) is 14.4. The lowest BCUT2D eigenvalue weighted by Crippen LogP contribution is -2.42. The number of phosphoric acid groups is 1. The van der Waals surface area contributed by atoms with Crippen molar-refractivity contribution in [3.63, 3.8) is 0 Å². The number of unbranched alkanes of at least 4 members (excludes halogenated alkanes) is 11. The molecule has 0 amide bonds. The minimum absolute atomic E-state index is 0.257. The van der Waals surface area contributed by atoms with E-state index in [1.54, 1.807) is 0 Å². The van der Waals surface area contributed by atoms with Crippen molar-refractivity contribution in [3.8, 4) is 0 Å². The average Bonchev–Trinajstić information content (AvgIpc) is 2.59. The molecule has 0 radical (unpaired) electrons. The van der Waals surface area contributed by atoms with Crippen LogP contribution in [0.2, 0.25) is 0 Å². The van der Waals surface area contributed by atoms with E-state index in [0.29, 0.717) is 6.61 Å². The van der Waals surface area contributed by atoms with Crippen LogP contribution in [0, 0.1) is 0 Å². The third kappa shape index (κ3) is 19.2. The zero-order chi connectivity index (χ0) is 20.4. The van der Waals surface area contributed by atoms with Gasteiger partial charge in [0.15, 0.2) is 0 Å². The molecule has 0 bridgehead atoms. The molecule has 0 aromatic heterocycles. The van der Waals surface area contributed by atoms with Crippen LogP contribution in [0.3, 0.4) is 0 Å². The van der Waals surface area contributed by atoms with Crippen LogP contribution in [-0.2, 0) is 13.6 Å². The molecule has 6 heteroatoms. The van der Waals surface area contributed by atoms with E-state index in [1.165, 1.54) is 57.8 Å². The van der Waals surface area contributed by atoms with Crippen LogP contribution in [0.1, 0.15) is 97.3 Å². The molecule has 0 heterocycles. The Morgan fingerprint density at radius 1 is 0.667 bits per heavy atom. The van der Waals surface area contributed by atoms with Gasteiger partial charge < -0.3 is 9.38 Å². The average molecular weight is 409 g/mol. The summed E-state index contributed by atoms with van der Waals surface area (Å²) in [5.41, 5.74) is 0. The Hall–Kier alpha value is 0.0700. The smallest absolute Gasteiger partial charge is 0.327 e. The van der Waals surface area contributed by atoms with Crippen molar-refractivity contribution >= 4 is 7.82 Å². The number of quaternary nitrogens is 1. The molecule has 164 valence electrons. The van der Waals surface area contributed by atoms with E-state index in [1.807, 2.05) is 0 Å². The highest BCUT2D eigenvalue weighted by molar-refractivity contribution is 7.47. The Balaban J connectivity index is 3.67. The molecule has 0 aliphatic heterocycles. The largest absolute Gasteiger partial charge is 0.472 e. The molecule has 0 aromatic carbocycles. The molecule has 0 fully saturated rings. The predicted molar refractivity (Wildman–Crippen MR) is 115 cm³/mol. The van der Waals surface area contributed by atoms with Crippen LogP contribution >= 0.6 is 7.82 Å². The molecule has 0 aromatic rings. The number of hydrogen-bond acceptors (Lipinski definition) is 3. The second-order valence-electron chi connectivity index (χ2n) is 8.41. The summed E-state index contributed by atoms with van der Waals surface area (Å²) in [4.78, 5) is 9.72. The van der Waals surface area contributed by atoms with Gasteiger partial charge in [0.05, 0.1) is 27.2 Å². The van der Waals surface area contributed by atoms with Crippen molar-refractivity contribution in [2.45, 2.75) is 97.3 Å². The molecule has 1 N–H and O–H groups in total. The lowest BCUT2D eigenvalue weighted by molar-refractivity contribution is -0.890. The molecule has 27 heavy (non-hydrogen) atoms. The van der Waals surface area contributed by atoms with E-state index >= 15 is 0 Å². The molecular formula is C21H47NO4P+. The van der Waals surface area contributed by atoms with Gasteiger partial charge >= 0.3 is 7.82 Å². The van der Waals surface area contributed by atoms with Gasteiger partial charge in [-0.1, -0.05) is 78.1 Å². The first kappa shape index (κ1) is 27.1. The van der Waals surface area contributed by atoms with Gasteiger partial charge in [0, 0.05) is 0 Å². The third-order valence-corrected chi connectivity index (χ3v) is 6.09. The second kappa shape index (κ2) is 17.0. The fraction of sp³-hybridized carbons (Fsp3) is 1.00. The topological polar surface area (TPSA) is 55.8 Å². The Morgan fingerprint density at radius 3 is 1.67 bits per heavy atom. The summed E-state index contributed by atoms with van der Waals surface area (Å²) < 4.78 is 22.8. The quantitative estimate of drug-likeness (QED) is 0.146. The van der Waals surface area contributed by atoms with Gasteiger partial charge in [0.25, 0.3) is 0 Å². The van der Waals surface area contributed by atoms with E-state index in [2.05, 4.69) is 27.9 Å². The number of rotatable bonds is 20. The van der Waals surface area contributed by atoms with Gasteiger partial charge in [-0.3, -0.25) is 9.05 Å². The summed E-state index contributed by atoms with van der Waals surface area (Å²) in [6.45, 7) is 6.74. The van der Waals surface area contributed by atoms with Crippen LogP contribution in [0.25, 0.3) is 0 Å². The van der Waals surface area contributed by atoms with Gasteiger partial charge in [-0.25, -0.2) is 4.57 Å². The molecule has 0 saturated carbocycles. The molecule has 0 spiro atoms. The van der Waals surface area contributed by atoms with Gasteiger partial charge in [-0.2, -0.15) is 0 Å². The zero-order valence-corrected chi connectivity index (χ0v) is 19.5. The first-order chi connectivity index (χ1) is 12.8. The van der Waals surface area contributed by atoms with E-state index in [-0.39, 0.29) is 6.61 Å². The zero-order valence-electron chi connectivity index (χ0n) is 18.6. The summed E-state index contributed by atoms with van der Waals surface area (Å²) in [6, 6.07) is 0. The van der Waals surface area contributed by atoms with Gasteiger partial charge in [0.1, 0.15) is 13.2 Å². The van der Waals surface area contributed by atoms with Crippen molar-refractivity contribution < 1.29 is 23.0 Å². The highest BCUT2D eigenvalue weighted by Gasteiger charge is 2.23. The maximum absolute atomic E-state index is 11.9. The van der Waals surface area contributed by atoms with Crippen LogP contribution in [0.15, 0.2) is 0 Å². The summed E-state index contributed by atoms with van der Waals surface area (Å²) in [5.74, 6) is 0. The molecule has 0 aliphatic carbocycles. The maximum Gasteiger partial charge on any atom is 0.472 e. The number of nitrogens with zero attached hydrogens (tertiary/aromatic N) is 1. The lowest BCUT2D eigenvalue weighted by Gasteiger charge is -2.29. The lowest BCUT2D eigenvalue weighted by atomic mass is 10.1. The van der Waals surface area contributed by atoms with Crippen LogP contribution < -0.4 is 0 Å². The van der Waals surface area contributed by atoms with E-state index in [0.717, 1.165) is 43.3 Å². The Kier molecular flexibility index (Phi) is 17.0. The number of likely N-dealkylation sites (N-methyl/N-ethyl adjacent to an activating group) is 1. The van der Waals surface area contributed by atoms with Gasteiger partial charge in [-0.15, -0.1) is 0 Å². The third-order valence-electron chi connectivity index (χ3n) is 5.07. The molecule has 1 atom stereocenters. The monoisotopic (exact) mass is 408 g/mol. The highest BCUT2D eigenvalue weighted by atomic mass is 31.2. The van der Waals surface area contributed by atoms with Crippen molar-refractivity contribution in [2.24, 2.45) is 0 Å². The van der Waals surface area contributed by atoms with Gasteiger partial charge in [0.2, 0.25) is 0 Å². The molecular weight excluding hydrogens is 361 g/mol. The first-order valence-corrected chi connectivity index (χ1v) is 12.8. The minimum atomic E-state index is -3.89. The summed E-state index contributed by atoms with van der Waals surface area (Å²) in [7, 11) is 0.420. The fourth-order valence-electron chi connectivity index (χ4n) is 3.11. The molecule has 1 unspecified atom stereocenters. The molecule has 0 rings (SSSR count).